The number of carbonyl (C=O) groups excluding carboxylic acids is 1. The molecular weight excluding hydrogens is 470 g/mol. The van der Waals surface area contributed by atoms with Crippen LogP contribution in [-0.4, -0.2) is 19.5 Å². The van der Waals surface area contributed by atoms with E-state index in [0.29, 0.717) is 35.2 Å². The van der Waals surface area contributed by atoms with E-state index >= 15 is 0 Å². The lowest BCUT2D eigenvalue weighted by atomic mass is 9.73. The zero-order valence-electron chi connectivity index (χ0n) is 21.8. The van der Waals surface area contributed by atoms with Gasteiger partial charge in [0, 0.05) is 36.8 Å². The van der Waals surface area contributed by atoms with Gasteiger partial charge in [-0.25, -0.2) is 0 Å². The third-order valence-electron chi connectivity index (χ3n) is 7.09. The van der Waals surface area contributed by atoms with Crippen LogP contribution in [-0.2, 0) is 6.54 Å². The molecule has 1 amide bonds. The van der Waals surface area contributed by atoms with Gasteiger partial charge in [-0.3, -0.25) is 4.79 Å². The van der Waals surface area contributed by atoms with E-state index in [-0.39, 0.29) is 11.3 Å². The first-order chi connectivity index (χ1) is 17.1. The smallest absolute Gasteiger partial charge is 0.251 e. The van der Waals surface area contributed by atoms with Gasteiger partial charge in [0.25, 0.3) is 5.91 Å². The number of carbonyl (C=O) groups is 1. The maximum Gasteiger partial charge on any atom is 0.251 e. The van der Waals surface area contributed by atoms with Crippen LogP contribution in [0.25, 0.3) is 0 Å². The number of amides is 1. The largest absolute Gasteiger partial charge is 0.397 e. The van der Waals surface area contributed by atoms with Crippen LogP contribution in [0.5, 0.6) is 0 Å². The van der Waals surface area contributed by atoms with Gasteiger partial charge in [-0.2, -0.15) is 0 Å². The Kier molecular flexibility index (Phi) is 9.32. The molecule has 0 bridgehead atoms. The highest BCUT2D eigenvalue weighted by Gasteiger charge is 2.29. The minimum atomic E-state index is -0.132. The van der Waals surface area contributed by atoms with E-state index in [0.717, 1.165) is 29.1 Å². The Morgan fingerprint density at radius 3 is 2.50 bits per heavy atom. The lowest BCUT2D eigenvalue weighted by Crippen LogP contribution is -2.30. The number of nitrogens with one attached hydrogen (secondary N) is 3. The van der Waals surface area contributed by atoms with Crippen molar-refractivity contribution in [2.75, 3.05) is 29.5 Å². The topological polar surface area (TPSA) is 82.4 Å². The van der Waals surface area contributed by atoms with Crippen molar-refractivity contribution >= 4 is 34.6 Å². The van der Waals surface area contributed by atoms with Crippen LogP contribution in [0, 0.1) is 5.41 Å². The highest BCUT2D eigenvalue weighted by Crippen LogP contribution is 2.40. The number of allylic oxidation sites excluding steroid dienone is 1. The van der Waals surface area contributed by atoms with E-state index in [2.05, 4.69) is 36.0 Å². The summed E-state index contributed by atoms with van der Waals surface area (Å²) in [5.41, 5.74) is 11.2. The van der Waals surface area contributed by atoms with Gasteiger partial charge >= 0.3 is 0 Å². The summed E-state index contributed by atoms with van der Waals surface area (Å²) >= 11 is 6.50. The highest BCUT2D eigenvalue weighted by atomic mass is 35.5. The second-order valence-corrected chi connectivity index (χ2v) is 10.3. The number of hydrogen-bond donors (Lipinski definition) is 4. The van der Waals surface area contributed by atoms with Gasteiger partial charge in [-0.05, 0) is 55.2 Å². The molecule has 0 aromatic heterocycles. The van der Waals surface area contributed by atoms with Crippen LogP contribution in [0.15, 0.2) is 61.1 Å². The Morgan fingerprint density at radius 1 is 1.11 bits per heavy atom. The molecule has 1 aliphatic rings. The average Bonchev–Trinajstić information content (AvgIpc) is 2.87. The summed E-state index contributed by atoms with van der Waals surface area (Å²) in [6.45, 7) is 14.1. The van der Waals surface area contributed by atoms with Crippen molar-refractivity contribution < 1.29 is 4.79 Å². The van der Waals surface area contributed by atoms with Crippen LogP contribution >= 0.6 is 11.6 Å². The van der Waals surface area contributed by atoms with E-state index in [9.17, 15) is 4.79 Å². The SMILES string of the molecule is C=C(Nc1cc(CNC(=C)C2(C)CCCCC2)ccc1Cl)N(C)c1ccc(C(=O)NCCC)cc1N. The monoisotopic (exact) mass is 509 g/mol. The first-order valence-corrected chi connectivity index (χ1v) is 13.1. The van der Waals surface area contributed by atoms with Gasteiger partial charge in [0.1, 0.15) is 5.82 Å². The number of rotatable bonds is 11. The van der Waals surface area contributed by atoms with E-state index in [1.807, 2.05) is 43.1 Å². The van der Waals surface area contributed by atoms with Crippen LogP contribution in [0.2, 0.25) is 5.02 Å². The first kappa shape index (κ1) is 27.5. The molecule has 0 atom stereocenters. The quantitative estimate of drug-likeness (QED) is 0.255. The predicted molar refractivity (Wildman–Crippen MR) is 153 cm³/mol. The predicted octanol–water partition coefficient (Wildman–Crippen LogP) is 6.66. The molecule has 2 aromatic carbocycles. The maximum absolute atomic E-state index is 12.2. The van der Waals surface area contributed by atoms with Gasteiger partial charge in [-0.15, -0.1) is 0 Å². The molecule has 6 nitrogen and oxygen atoms in total. The molecule has 0 heterocycles. The van der Waals surface area contributed by atoms with Crippen molar-refractivity contribution in [1.82, 2.24) is 10.6 Å². The van der Waals surface area contributed by atoms with Crippen molar-refractivity contribution in [2.24, 2.45) is 5.41 Å². The van der Waals surface area contributed by atoms with E-state index in [4.69, 9.17) is 17.3 Å². The van der Waals surface area contributed by atoms with Crippen molar-refractivity contribution in [1.29, 1.82) is 0 Å². The molecule has 5 N–H and O–H groups in total. The molecule has 2 aromatic rings. The number of nitrogen functional groups attached to an aromatic ring is 1. The number of nitrogens with zero attached hydrogens (tertiary/aromatic N) is 1. The second-order valence-electron chi connectivity index (χ2n) is 9.93. The summed E-state index contributed by atoms with van der Waals surface area (Å²) in [7, 11) is 1.87. The maximum atomic E-state index is 12.2. The molecule has 3 rings (SSSR count). The molecule has 7 heteroatoms. The summed E-state index contributed by atoms with van der Waals surface area (Å²) in [5, 5.41) is 10.3. The van der Waals surface area contributed by atoms with E-state index in [1.165, 1.54) is 32.1 Å². The second kappa shape index (κ2) is 12.2. The van der Waals surface area contributed by atoms with Crippen LogP contribution in [0.3, 0.4) is 0 Å². The third kappa shape index (κ3) is 6.76. The molecule has 1 aliphatic carbocycles. The summed E-state index contributed by atoms with van der Waals surface area (Å²) in [6, 6.07) is 11.2. The normalized spacial score (nSPS) is 14.6. The van der Waals surface area contributed by atoms with Crippen molar-refractivity contribution in [3.63, 3.8) is 0 Å². The van der Waals surface area contributed by atoms with Gasteiger partial charge in [0.2, 0.25) is 0 Å². The number of nitrogens with two attached hydrogens (primary N) is 1. The average molecular weight is 510 g/mol. The zero-order chi connectivity index (χ0) is 26.3. The molecule has 1 saturated carbocycles. The van der Waals surface area contributed by atoms with Crippen LogP contribution in [0.1, 0.15) is 68.3 Å². The molecule has 0 saturated heterocycles. The Bertz CT molecular complexity index is 1110. The van der Waals surface area contributed by atoms with E-state index < -0.39 is 0 Å². The molecule has 194 valence electrons. The highest BCUT2D eigenvalue weighted by molar-refractivity contribution is 6.33. The lowest BCUT2D eigenvalue weighted by molar-refractivity contribution is 0.0953. The fourth-order valence-electron chi connectivity index (χ4n) is 4.56. The molecular formula is C29H40ClN5O. The Morgan fingerprint density at radius 2 is 1.83 bits per heavy atom. The number of hydrogen-bond acceptors (Lipinski definition) is 5. The lowest BCUT2D eigenvalue weighted by Gasteiger charge is -2.36. The standard InChI is InChI=1S/C29H40ClN5O/c1-6-16-32-28(36)23-11-13-27(25(31)18-23)35(5)21(3)34-26-17-22(10-12-24(26)30)19-33-20(2)29(4)14-8-7-9-15-29/h10-13,17-18,33-34H,2-3,6-9,14-16,19,31H2,1,4-5H3,(H,32,36). The van der Waals surface area contributed by atoms with E-state index in [1.54, 1.807) is 12.1 Å². The van der Waals surface area contributed by atoms with Crippen LogP contribution in [0.4, 0.5) is 17.1 Å². The zero-order valence-corrected chi connectivity index (χ0v) is 22.6. The fraction of sp³-hybridized carbons (Fsp3) is 0.414. The minimum absolute atomic E-state index is 0.132. The summed E-state index contributed by atoms with van der Waals surface area (Å²) in [6.07, 6.45) is 7.10. The molecule has 36 heavy (non-hydrogen) atoms. The molecule has 0 radical (unpaired) electrons. The van der Waals surface area contributed by atoms with Crippen molar-refractivity contribution in [2.45, 2.75) is 58.9 Å². The van der Waals surface area contributed by atoms with Crippen LogP contribution < -0.4 is 26.6 Å². The fourth-order valence-corrected chi connectivity index (χ4v) is 4.73. The summed E-state index contributed by atoms with van der Waals surface area (Å²) in [5.74, 6) is 0.475. The third-order valence-corrected chi connectivity index (χ3v) is 7.42. The Hall–Kier alpha value is -3.12. The van der Waals surface area contributed by atoms with Crippen molar-refractivity contribution in [3.8, 4) is 0 Å². The van der Waals surface area contributed by atoms with Crippen molar-refractivity contribution in [3.05, 3.63) is 77.2 Å². The minimum Gasteiger partial charge on any atom is -0.397 e. The number of halogens is 1. The summed E-state index contributed by atoms with van der Waals surface area (Å²) < 4.78 is 0. The molecule has 1 fully saturated rings. The van der Waals surface area contributed by atoms with Gasteiger partial charge in [-0.1, -0.05) is 63.9 Å². The summed E-state index contributed by atoms with van der Waals surface area (Å²) in [4.78, 5) is 14.1. The van der Waals surface area contributed by atoms with Gasteiger partial charge in [0.15, 0.2) is 0 Å². The number of anilines is 3. The molecule has 0 aliphatic heterocycles. The molecule has 0 unspecified atom stereocenters. The van der Waals surface area contributed by atoms with Gasteiger partial charge < -0.3 is 26.6 Å². The number of benzene rings is 2. The Balaban J connectivity index is 1.65. The Labute approximate surface area is 221 Å². The molecule has 0 spiro atoms. The van der Waals surface area contributed by atoms with Gasteiger partial charge in [0.05, 0.1) is 22.1 Å². The first-order valence-electron chi connectivity index (χ1n) is 12.7.